The van der Waals surface area contributed by atoms with Gasteiger partial charge in [0.1, 0.15) is 10.1 Å². The van der Waals surface area contributed by atoms with Gasteiger partial charge in [0.05, 0.1) is 31.3 Å². The summed E-state index contributed by atoms with van der Waals surface area (Å²) in [5, 5.41) is 2.78. The highest BCUT2D eigenvalue weighted by molar-refractivity contribution is 8.26. The van der Waals surface area contributed by atoms with Gasteiger partial charge in [0.2, 0.25) is 0 Å². The normalized spacial score (nSPS) is 18.6. The molecule has 1 N–H and O–H groups in total. The van der Waals surface area contributed by atoms with Crippen LogP contribution >= 0.6 is 24.0 Å². The molecule has 2 fully saturated rings. The van der Waals surface area contributed by atoms with Crippen molar-refractivity contribution in [1.82, 2.24) is 4.90 Å². The zero-order chi connectivity index (χ0) is 25.5. The number of carbonyl (C=O) groups excluding carboxylic acids is 2. The van der Waals surface area contributed by atoms with Gasteiger partial charge < -0.3 is 24.3 Å². The minimum Gasteiger partial charge on any atom is -0.497 e. The van der Waals surface area contributed by atoms with Crippen molar-refractivity contribution in [1.29, 1.82) is 0 Å². The number of ether oxygens (including phenoxy) is 4. The number of amides is 2. The molecule has 2 aliphatic heterocycles. The molecule has 4 rings (SSSR count). The summed E-state index contributed by atoms with van der Waals surface area (Å²) in [7, 11) is 1.57. The average Bonchev–Trinajstić information content (AvgIpc) is 3.48. The number of benzene rings is 2. The highest BCUT2D eigenvalue weighted by atomic mass is 32.2. The molecule has 2 heterocycles. The second-order valence-corrected chi connectivity index (χ2v) is 9.81. The molecule has 1 atom stereocenters. The van der Waals surface area contributed by atoms with Crippen molar-refractivity contribution in [3.8, 4) is 17.2 Å². The largest absolute Gasteiger partial charge is 0.497 e. The van der Waals surface area contributed by atoms with E-state index < -0.39 is 0 Å². The molecule has 36 heavy (non-hydrogen) atoms. The first-order valence-electron chi connectivity index (χ1n) is 11.7. The number of methoxy groups -OCH3 is 1. The predicted molar refractivity (Wildman–Crippen MR) is 144 cm³/mol. The van der Waals surface area contributed by atoms with E-state index in [0.29, 0.717) is 45.3 Å². The summed E-state index contributed by atoms with van der Waals surface area (Å²) in [6.45, 7) is 3.30. The minimum atomic E-state index is -0.315. The fourth-order valence-electron chi connectivity index (χ4n) is 3.84. The molecule has 190 valence electrons. The van der Waals surface area contributed by atoms with Gasteiger partial charge in [-0.3, -0.25) is 14.5 Å². The van der Waals surface area contributed by atoms with Crippen LogP contribution in [0.2, 0.25) is 0 Å². The molecule has 0 radical (unpaired) electrons. The molecule has 2 saturated heterocycles. The Morgan fingerprint density at radius 3 is 2.86 bits per heavy atom. The van der Waals surface area contributed by atoms with Crippen LogP contribution < -0.4 is 19.5 Å². The van der Waals surface area contributed by atoms with Crippen molar-refractivity contribution in [3.05, 3.63) is 52.9 Å². The molecule has 0 bridgehead atoms. The van der Waals surface area contributed by atoms with Crippen molar-refractivity contribution in [2.24, 2.45) is 0 Å². The summed E-state index contributed by atoms with van der Waals surface area (Å²) in [6.07, 6.45) is 3.77. The number of rotatable bonds is 10. The van der Waals surface area contributed by atoms with Gasteiger partial charge in [-0.2, -0.15) is 0 Å². The number of nitrogens with one attached hydrogen (secondary N) is 1. The van der Waals surface area contributed by atoms with E-state index >= 15 is 0 Å². The molecule has 2 aromatic carbocycles. The third kappa shape index (κ3) is 6.57. The molecular weight excluding hydrogens is 500 g/mol. The SMILES string of the molecule is CCOc1cc(/C=C2\SC(=S)N(C[C@H]3CCCO3)C2=O)ccc1OCC(=O)Nc1cccc(OC)c1. The zero-order valence-corrected chi connectivity index (χ0v) is 21.8. The van der Waals surface area contributed by atoms with Crippen molar-refractivity contribution < 1.29 is 28.5 Å². The number of thiocarbonyl (C=S) groups is 1. The third-order valence-electron chi connectivity index (χ3n) is 5.56. The Morgan fingerprint density at radius 2 is 2.11 bits per heavy atom. The molecular formula is C26H28N2O6S2. The molecule has 2 amide bonds. The lowest BCUT2D eigenvalue weighted by atomic mass is 10.1. The van der Waals surface area contributed by atoms with Gasteiger partial charge in [0, 0.05) is 18.4 Å². The van der Waals surface area contributed by atoms with Crippen LogP contribution in [0.1, 0.15) is 25.3 Å². The van der Waals surface area contributed by atoms with Gasteiger partial charge in [0.25, 0.3) is 11.8 Å². The Bertz CT molecular complexity index is 1160. The molecule has 0 unspecified atom stereocenters. The highest BCUT2D eigenvalue weighted by Crippen LogP contribution is 2.35. The maximum absolute atomic E-state index is 12.9. The Labute approximate surface area is 219 Å². The first-order chi connectivity index (χ1) is 17.5. The van der Waals surface area contributed by atoms with Crippen LogP contribution in [-0.4, -0.2) is 60.6 Å². The second kappa shape index (κ2) is 12.2. The molecule has 2 aliphatic rings. The van der Waals surface area contributed by atoms with Crippen molar-refractivity contribution in [3.63, 3.8) is 0 Å². The molecule has 10 heteroatoms. The topological polar surface area (TPSA) is 86.3 Å². The van der Waals surface area contributed by atoms with Crippen molar-refractivity contribution >= 4 is 51.9 Å². The number of thioether (sulfide) groups is 1. The zero-order valence-electron chi connectivity index (χ0n) is 20.2. The molecule has 8 nitrogen and oxygen atoms in total. The van der Waals surface area contributed by atoms with Crippen LogP contribution in [-0.2, 0) is 14.3 Å². The van der Waals surface area contributed by atoms with Gasteiger partial charge in [-0.15, -0.1) is 0 Å². The number of hydrogen-bond donors (Lipinski definition) is 1. The Morgan fingerprint density at radius 1 is 1.25 bits per heavy atom. The van der Waals surface area contributed by atoms with Gasteiger partial charge in [-0.25, -0.2) is 0 Å². The summed E-state index contributed by atoms with van der Waals surface area (Å²) >= 11 is 6.72. The maximum Gasteiger partial charge on any atom is 0.266 e. The lowest BCUT2D eigenvalue weighted by Gasteiger charge is -2.18. The minimum absolute atomic E-state index is 0.0361. The van der Waals surface area contributed by atoms with E-state index in [1.54, 1.807) is 54.5 Å². The number of anilines is 1. The monoisotopic (exact) mass is 528 g/mol. The molecule has 0 spiro atoms. The summed E-state index contributed by atoms with van der Waals surface area (Å²) in [6, 6.07) is 12.4. The summed E-state index contributed by atoms with van der Waals surface area (Å²) in [5.41, 5.74) is 1.38. The molecule has 2 aromatic rings. The Balaban J connectivity index is 1.41. The first kappa shape index (κ1) is 26.0. The predicted octanol–water partition coefficient (Wildman–Crippen LogP) is 4.49. The quantitative estimate of drug-likeness (QED) is 0.357. The van der Waals surface area contributed by atoms with Crippen LogP contribution in [0.15, 0.2) is 47.4 Å². The van der Waals surface area contributed by atoms with Crippen LogP contribution in [0.3, 0.4) is 0 Å². The van der Waals surface area contributed by atoms with E-state index in [9.17, 15) is 9.59 Å². The smallest absolute Gasteiger partial charge is 0.266 e. The molecule has 0 aliphatic carbocycles. The van der Waals surface area contributed by atoms with Crippen LogP contribution in [0, 0.1) is 0 Å². The summed E-state index contributed by atoms with van der Waals surface area (Å²) in [5.74, 6) is 1.13. The first-order valence-corrected chi connectivity index (χ1v) is 12.9. The van der Waals surface area contributed by atoms with Gasteiger partial charge >= 0.3 is 0 Å². The standard InChI is InChI=1S/C26H28N2O6S2/c1-3-32-22-12-17(13-23-25(30)28(26(35)36-23)15-20-8-5-11-33-20)9-10-21(22)34-16-24(29)27-18-6-4-7-19(14-18)31-2/h4,6-7,9-10,12-14,20H,3,5,8,11,15-16H2,1-2H3,(H,27,29)/b23-13-/t20-/m1/s1. The molecule has 0 saturated carbocycles. The van der Waals surface area contributed by atoms with Crippen molar-refractivity contribution in [2.45, 2.75) is 25.9 Å². The van der Waals surface area contributed by atoms with Gasteiger partial charge in [-0.05, 0) is 55.7 Å². The number of carbonyl (C=O) groups is 2. The summed E-state index contributed by atoms with van der Waals surface area (Å²) < 4.78 is 22.8. The fourth-order valence-corrected chi connectivity index (χ4v) is 5.12. The van der Waals surface area contributed by atoms with Crippen molar-refractivity contribution in [2.75, 3.05) is 38.8 Å². The average molecular weight is 529 g/mol. The Kier molecular flexibility index (Phi) is 8.84. The number of nitrogens with zero attached hydrogens (tertiary/aromatic N) is 1. The van der Waals surface area contributed by atoms with E-state index in [4.69, 9.17) is 31.2 Å². The highest BCUT2D eigenvalue weighted by Gasteiger charge is 2.34. The van der Waals surface area contributed by atoms with Crippen LogP contribution in [0.25, 0.3) is 6.08 Å². The van der Waals surface area contributed by atoms with E-state index in [0.717, 1.165) is 25.0 Å². The van der Waals surface area contributed by atoms with E-state index in [-0.39, 0.29) is 24.5 Å². The fraction of sp³-hybridized carbons (Fsp3) is 0.346. The van der Waals surface area contributed by atoms with Gasteiger partial charge in [-0.1, -0.05) is 36.1 Å². The third-order valence-corrected chi connectivity index (χ3v) is 6.94. The lowest BCUT2D eigenvalue weighted by Crippen LogP contribution is -2.35. The second-order valence-electron chi connectivity index (χ2n) is 8.14. The summed E-state index contributed by atoms with van der Waals surface area (Å²) in [4.78, 5) is 27.5. The van der Waals surface area contributed by atoms with E-state index in [1.807, 2.05) is 13.0 Å². The van der Waals surface area contributed by atoms with E-state index in [1.165, 1.54) is 11.8 Å². The van der Waals surface area contributed by atoms with E-state index in [2.05, 4.69) is 5.32 Å². The lowest BCUT2D eigenvalue weighted by molar-refractivity contribution is -0.123. The van der Waals surface area contributed by atoms with Crippen LogP contribution in [0.5, 0.6) is 17.2 Å². The van der Waals surface area contributed by atoms with Gasteiger partial charge in [0.15, 0.2) is 18.1 Å². The Hall–Kier alpha value is -3.08. The molecule has 0 aromatic heterocycles. The van der Waals surface area contributed by atoms with Crippen LogP contribution in [0.4, 0.5) is 5.69 Å². The number of hydrogen-bond acceptors (Lipinski definition) is 8. The maximum atomic E-state index is 12.9.